The summed E-state index contributed by atoms with van der Waals surface area (Å²) in [7, 11) is 0. The van der Waals surface area contributed by atoms with Crippen molar-refractivity contribution in [1.82, 2.24) is 9.97 Å². The molecule has 0 atom stereocenters. The molecule has 2 aromatic rings. The van der Waals surface area contributed by atoms with Crippen molar-refractivity contribution in [2.24, 2.45) is 0 Å². The van der Waals surface area contributed by atoms with Crippen molar-refractivity contribution in [2.75, 3.05) is 5.75 Å². The van der Waals surface area contributed by atoms with Gasteiger partial charge in [0.25, 0.3) is 0 Å². The van der Waals surface area contributed by atoms with Crippen molar-refractivity contribution >= 4 is 29.3 Å². The minimum Gasteiger partial charge on any atom is -0.422 e. The van der Waals surface area contributed by atoms with E-state index in [-0.39, 0.29) is 10.7 Å². The average Bonchev–Trinajstić information content (AvgIpc) is 2.45. The summed E-state index contributed by atoms with van der Waals surface area (Å²) in [4.78, 5) is 20.4. The molecule has 110 valence electrons. The molecule has 0 saturated heterocycles. The standard InChI is InChI=1S/C15H15ClN2O2S/c1-4-21-15-17-8-12(16)13(18-15)14(19)20-11-6-5-9(2)10(3)7-11/h5-8H,4H2,1-3H3. The molecule has 0 bridgehead atoms. The molecule has 0 aliphatic heterocycles. The maximum atomic E-state index is 12.2. The summed E-state index contributed by atoms with van der Waals surface area (Å²) in [6.45, 7) is 5.94. The summed E-state index contributed by atoms with van der Waals surface area (Å²) in [6, 6.07) is 5.46. The molecule has 0 amide bonds. The summed E-state index contributed by atoms with van der Waals surface area (Å²) in [5.74, 6) is 0.707. The number of thioether (sulfide) groups is 1. The number of carbonyl (C=O) groups excluding carboxylic acids is 1. The molecular weight excluding hydrogens is 308 g/mol. The lowest BCUT2D eigenvalue weighted by atomic mass is 10.1. The first-order valence-corrected chi connectivity index (χ1v) is 7.82. The van der Waals surface area contributed by atoms with Gasteiger partial charge in [-0.2, -0.15) is 0 Å². The summed E-state index contributed by atoms with van der Waals surface area (Å²) < 4.78 is 5.33. The Morgan fingerprint density at radius 3 is 2.76 bits per heavy atom. The van der Waals surface area contributed by atoms with Crippen LogP contribution in [0.4, 0.5) is 0 Å². The minimum atomic E-state index is -0.580. The molecule has 0 radical (unpaired) electrons. The van der Waals surface area contributed by atoms with Crippen molar-refractivity contribution in [2.45, 2.75) is 25.9 Å². The Morgan fingerprint density at radius 2 is 2.10 bits per heavy atom. The monoisotopic (exact) mass is 322 g/mol. The fourth-order valence-electron chi connectivity index (χ4n) is 1.63. The fraction of sp³-hybridized carbons (Fsp3) is 0.267. The summed E-state index contributed by atoms with van der Waals surface area (Å²) in [6.07, 6.45) is 1.42. The van der Waals surface area contributed by atoms with Crippen LogP contribution in [0.5, 0.6) is 5.75 Å². The molecule has 0 aliphatic rings. The number of hydrogen-bond donors (Lipinski definition) is 0. The Hall–Kier alpha value is -1.59. The first kappa shape index (κ1) is 15.8. The Labute approximate surface area is 132 Å². The molecule has 21 heavy (non-hydrogen) atoms. The lowest BCUT2D eigenvalue weighted by Crippen LogP contribution is -2.12. The number of hydrogen-bond acceptors (Lipinski definition) is 5. The van der Waals surface area contributed by atoms with Crippen molar-refractivity contribution in [1.29, 1.82) is 0 Å². The number of esters is 1. The van der Waals surface area contributed by atoms with Crippen LogP contribution in [0.15, 0.2) is 29.6 Å². The molecule has 6 heteroatoms. The topological polar surface area (TPSA) is 52.1 Å². The van der Waals surface area contributed by atoms with Gasteiger partial charge in [0.2, 0.25) is 0 Å². The van der Waals surface area contributed by atoms with E-state index in [1.165, 1.54) is 18.0 Å². The number of carbonyl (C=O) groups is 1. The van der Waals surface area contributed by atoms with E-state index >= 15 is 0 Å². The van der Waals surface area contributed by atoms with Crippen LogP contribution in [0.2, 0.25) is 5.02 Å². The molecule has 0 unspecified atom stereocenters. The van der Waals surface area contributed by atoms with E-state index in [0.717, 1.165) is 16.9 Å². The second-order valence-electron chi connectivity index (χ2n) is 4.42. The van der Waals surface area contributed by atoms with E-state index in [9.17, 15) is 4.79 Å². The van der Waals surface area contributed by atoms with Crippen LogP contribution in [-0.2, 0) is 0 Å². The molecule has 2 rings (SSSR count). The molecule has 1 aromatic carbocycles. The van der Waals surface area contributed by atoms with Gasteiger partial charge in [-0.15, -0.1) is 0 Å². The number of aromatic nitrogens is 2. The average molecular weight is 323 g/mol. The van der Waals surface area contributed by atoms with Crippen molar-refractivity contribution in [3.8, 4) is 5.75 Å². The fourth-order valence-corrected chi connectivity index (χ4v) is 2.33. The zero-order valence-electron chi connectivity index (χ0n) is 12.0. The number of benzene rings is 1. The summed E-state index contributed by atoms with van der Waals surface area (Å²) in [5.41, 5.74) is 2.27. The molecule has 0 aliphatic carbocycles. The van der Waals surface area contributed by atoms with Gasteiger partial charge in [-0.3, -0.25) is 0 Å². The number of halogens is 1. The Kier molecular flexibility index (Phi) is 5.20. The highest BCUT2D eigenvalue weighted by atomic mass is 35.5. The van der Waals surface area contributed by atoms with E-state index in [0.29, 0.717) is 10.9 Å². The first-order chi connectivity index (χ1) is 10.0. The van der Waals surface area contributed by atoms with Crippen LogP contribution in [0.1, 0.15) is 28.5 Å². The van der Waals surface area contributed by atoms with Gasteiger partial charge in [-0.25, -0.2) is 14.8 Å². The molecule has 0 spiro atoms. The first-order valence-electron chi connectivity index (χ1n) is 6.46. The van der Waals surface area contributed by atoms with Crippen LogP contribution in [0, 0.1) is 13.8 Å². The van der Waals surface area contributed by atoms with Crippen LogP contribution in [0.3, 0.4) is 0 Å². The molecule has 4 nitrogen and oxygen atoms in total. The molecule has 0 fully saturated rings. The Bertz CT molecular complexity index is 677. The molecular formula is C15H15ClN2O2S. The van der Waals surface area contributed by atoms with Crippen molar-refractivity contribution in [3.63, 3.8) is 0 Å². The van der Waals surface area contributed by atoms with Crippen LogP contribution < -0.4 is 4.74 Å². The van der Waals surface area contributed by atoms with Gasteiger partial charge in [0, 0.05) is 0 Å². The highest BCUT2D eigenvalue weighted by Crippen LogP contribution is 2.21. The third-order valence-corrected chi connectivity index (χ3v) is 3.90. The van der Waals surface area contributed by atoms with Gasteiger partial charge in [0.15, 0.2) is 10.9 Å². The van der Waals surface area contributed by atoms with Crippen LogP contribution >= 0.6 is 23.4 Å². The largest absolute Gasteiger partial charge is 0.422 e. The maximum absolute atomic E-state index is 12.2. The number of nitrogens with zero attached hydrogens (tertiary/aromatic N) is 2. The normalized spacial score (nSPS) is 10.5. The lowest BCUT2D eigenvalue weighted by molar-refractivity contribution is 0.0727. The van der Waals surface area contributed by atoms with Crippen molar-refractivity contribution < 1.29 is 9.53 Å². The van der Waals surface area contributed by atoms with Crippen molar-refractivity contribution in [3.05, 3.63) is 46.2 Å². The summed E-state index contributed by atoms with van der Waals surface area (Å²) in [5, 5.41) is 0.693. The SMILES string of the molecule is CCSc1ncc(Cl)c(C(=O)Oc2ccc(C)c(C)c2)n1. The second-order valence-corrected chi connectivity index (χ2v) is 6.06. The highest BCUT2D eigenvalue weighted by molar-refractivity contribution is 7.99. The Morgan fingerprint density at radius 1 is 1.33 bits per heavy atom. The van der Waals surface area contributed by atoms with Gasteiger partial charge < -0.3 is 4.74 Å². The van der Waals surface area contributed by atoms with Crippen LogP contribution in [-0.4, -0.2) is 21.7 Å². The van der Waals surface area contributed by atoms with E-state index < -0.39 is 5.97 Å². The number of ether oxygens (including phenoxy) is 1. The third kappa shape index (κ3) is 3.95. The molecule has 1 heterocycles. The van der Waals surface area contributed by atoms with E-state index in [2.05, 4.69) is 9.97 Å². The second kappa shape index (κ2) is 6.91. The van der Waals surface area contributed by atoms with Gasteiger partial charge in [-0.1, -0.05) is 36.4 Å². The van der Waals surface area contributed by atoms with Gasteiger partial charge in [-0.05, 0) is 42.9 Å². The van der Waals surface area contributed by atoms with E-state index in [4.69, 9.17) is 16.3 Å². The molecule has 0 saturated carbocycles. The molecule has 0 N–H and O–H groups in total. The maximum Gasteiger partial charge on any atom is 0.364 e. The summed E-state index contributed by atoms with van der Waals surface area (Å²) >= 11 is 7.42. The Balaban J connectivity index is 2.23. The quantitative estimate of drug-likeness (QED) is 0.367. The number of rotatable bonds is 4. The zero-order valence-corrected chi connectivity index (χ0v) is 13.6. The van der Waals surface area contributed by atoms with E-state index in [1.807, 2.05) is 32.9 Å². The minimum absolute atomic E-state index is 0.0841. The lowest BCUT2D eigenvalue weighted by Gasteiger charge is -2.08. The molecule has 1 aromatic heterocycles. The van der Waals surface area contributed by atoms with Gasteiger partial charge >= 0.3 is 5.97 Å². The van der Waals surface area contributed by atoms with Gasteiger partial charge in [0.1, 0.15) is 5.75 Å². The predicted octanol–water partition coefficient (Wildman–Crippen LogP) is 4.08. The number of aryl methyl sites for hydroxylation is 2. The predicted molar refractivity (Wildman–Crippen MR) is 84.3 cm³/mol. The highest BCUT2D eigenvalue weighted by Gasteiger charge is 2.17. The zero-order chi connectivity index (χ0) is 15.4. The van der Waals surface area contributed by atoms with Crippen LogP contribution in [0.25, 0.3) is 0 Å². The third-order valence-electron chi connectivity index (χ3n) is 2.88. The van der Waals surface area contributed by atoms with E-state index in [1.54, 1.807) is 6.07 Å². The smallest absolute Gasteiger partial charge is 0.364 e. The van der Waals surface area contributed by atoms with Gasteiger partial charge in [0.05, 0.1) is 11.2 Å².